The molecule has 35 heavy (non-hydrogen) atoms. The summed E-state index contributed by atoms with van der Waals surface area (Å²) in [5.74, 6) is -0.584. The smallest absolute Gasteiger partial charge is 0.272 e. The van der Waals surface area contributed by atoms with Crippen LogP contribution in [0.1, 0.15) is 11.1 Å². The van der Waals surface area contributed by atoms with Gasteiger partial charge in [-0.25, -0.2) is 4.39 Å². The number of allylic oxidation sites excluding steroid dienone is 1. The quantitative estimate of drug-likeness (QED) is 0.399. The van der Waals surface area contributed by atoms with E-state index in [1.165, 1.54) is 12.1 Å². The van der Waals surface area contributed by atoms with Crippen LogP contribution in [0.5, 0.6) is 5.75 Å². The Balaban J connectivity index is 1.57. The van der Waals surface area contributed by atoms with Crippen LogP contribution in [0.15, 0.2) is 114 Å². The first kappa shape index (κ1) is 22.0. The Morgan fingerprint density at radius 1 is 1.00 bits per heavy atom. The molecule has 2 heterocycles. The van der Waals surface area contributed by atoms with Gasteiger partial charge >= 0.3 is 0 Å². The van der Waals surface area contributed by atoms with Crippen LogP contribution in [-0.2, 0) is 0 Å². The number of nitro benzene ring substituents is 1. The van der Waals surface area contributed by atoms with E-state index in [4.69, 9.17) is 10.5 Å². The molecule has 7 nitrogen and oxygen atoms in total. The van der Waals surface area contributed by atoms with Gasteiger partial charge in [-0.15, -0.1) is 0 Å². The number of rotatable bonds is 5. The van der Waals surface area contributed by atoms with E-state index >= 15 is 0 Å². The van der Waals surface area contributed by atoms with Gasteiger partial charge in [0.1, 0.15) is 11.8 Å². The van der Waals surface area contributed by atoms with Crippen molar-refractivity contribution in [3.8, 4) is 5.75 Å². The highest BCUT2D eigenvalue weighted by atomic mass is 19.1. The minimum Gasteiger partial charge on any atom is -0.456 e. The number of hydrogen-bond donors (Lipinski definition) is 2. The van der Waals surface area contributed by atoms with E-state index in [2.05, 4.69) is 5.43 Å². The van der Waals surface area contributed by atoms with Crippen molar-refractivity contribution in [2.45, 2.75) is 6.04 Å². The van der Waals surface area contributed by atoms with Crippen LogP contribution in [0.3, 0.4) is 0 Å². The number of hydrogen-bond acceptors (Lipinski definition) is 6. The highest BCUT2D eigenvalue weighted by Crippen LogP contribution is 2.37. The summed E-state index contributed by atoms with van der Waals surface area (Å²) in [6.45, 7) is 0. The van der Waals surface area contributed by atoms with Crippen LogP contribution in [0.2, 0.25) is 0 Å². The van der Waals surface area contributed by atoms with Gasteiger partial charge in [-0.05, 0) is 29.3 Å². The minimum absolute atomic E-state index is 0.129. The predicted molar refractivity (Wildman–Crippen MR) is 132 cm³/mol. The molecule has 0 aromatic heterocycles. The molecule has 0 aliphatic carbocycles. The Bertz CT molecular complexity index is 1400. The molecule has 0 spiro atoms. The second-order valence-corrected chi connectivity index (χ2v) is 8.05. The number of benzene rings is 3. The van der Waals surface area contributed by atoms with Gasteiger partial charge < -0.3 is 10.5 Å². The summed E-state index contributed by atoms with van der Waals surface area (Å²) in [7, 11) is 0. The van der Waals surface area contributed by atoms with Gasteiger partial charge in [-0.3, -0.25) is 20.5 Å². The van der Waals surface area contributed by atoms with Crippen LogP contribution in [-0.4, -0.2) is 16.0 Å². The van der Waals surface area contributed by atoms with E-state index in [0.29, 0.717) is 11.5 Å². The summed E-state index contributed by atoms with van der Waals surface area (Å²) >= 11 is 0. The first-order chi connectivity index (χ1) is 17.0. The lowest BCUT2D eigenvalue weighted by atomic mass is 9.97. The fourth-order valence-corrected chi connectivity index (χ4v) is 4.02. The number of hydrazine groups is 1. The summed E-state index contributed by atoms with van der Waals surface area (Å²) < 4.78 is 20.6. The van der Waals surface area contributed by atoms with Crippen molar-refractivity contribution in [1.82, 2.24) is 10.4 Å². The van der Waals surface area contributed by atoms with E-state index in [9.17, 15) is 14.5 Å². The Morgan fingerprint density at radius 3 is 2.29 bits per heavy atom. The fraction of sp³-hybridized carbons (Fsp3) is 0.0370. The number of nitrogens with zero attached hydrogens (tertiary/aromatic N) is 2. The molecule has 1 saturated heterocycles. The molecule has 1 atom stereocenters. The van der Waals surface area contributed by atoms with Crippen LogP contribution in [0.4, 0.5) is 10.1 Å². The van der Waals surface area contributed by atoms with E-state index in [1.807, 2.05) is 72.8 Å². The SMILES string of the molecule is NC1=CN2NC(=Cc3ccccc3)C(=Cc3ccccc3)C2C(Oc2ccc([N+](=O)[O-])cc2F)=C1. The third-order valence-electron chi connectivity index (χ3n) is 5.59. The predicted octanol–water partition coefficient (Wildman–Crippen LogP) is 5.12. The summed E-state index contributed by atoms with van der Waals surface area (Å²) in [5.41, 5.74) is 13.2. The summed E-state index contributed by atoms with van der Waals surface area (Å²) in [6.07, 6.45) is 7.43. The lowest BCUT2D eigenvalue weighted by Crippen LogP contribution is -2.38. The van der Waals surface area contributed by atoms with Gasteiger partial charge in [0.05, 0.1) is 22.4 Å². The normalized spacial score (nSPS) is 19.1. The number of nitrogens with two attached hydrogens (primary N) is 1. The zero-order valence-corrected chi connectivity index (χ0v) is 18.5. The van der Waals surface area contributed by atoms with E-state index in [-0.39, 0.29) is 11.4 Å². The summed E-state index contributed by atoms with van der Waals surface area (Å²) in [4.78, 5) is 10.3. The van der Waals surface area contributed by atoms with Gasteiger partial charge in [0.25, 0.3) is 5.69 Å². The second-order valence-electron chi connectivity index (χ2n) is 8.05. The van der Waals surface area contributed by atoms with E-state index in [1.54, 1.807) is 17.3 Å². The second kappa shape index (κ2) is 9.18. The molecule has 1 unspecified atom stereocenters. The molecule has 2 aliphatic heterocycles. The van der Waals surface area contributed by atoms with E-state index in [0.717, 1.165) is 28.5 Å². The maximum Gasteiger partial charge on any atom is 0.272 e. The molecule has 1 fully saturated rings. The van der Waals surface area contributed by atoms with Crippen LogP contribution < -0.4 is 15.9 Å². The minimum atomic E-state index is -0.834. The number of nitrogens with one attached hydrogen (secondary N) is 1. The van der Waals surface area contributed by atoms with Crippen molar-refractivity contribution in [3.05, 3.63) is 141 Å². The standard InChI is InChI=1S/C27H21FN4O3/c28-23-16-21(32(33)34)11-12-25(23)35-26-15-20(29)17-31-27(26)22(13-18-7-3-1-4-8-18)24(30-31)14-19-9-5-2-6-10-19/h1-17,27,30H,29H2. The molecule has 3 aromatic rings. The third kappa shape index (κ3) is 4.63. The number of halogens is 1. The molecule has 8 heteroatoms. The molecule has 5 rings (SSSR count). The molecular weight excluding hydrogens is 447 g/mol. The Hall–Kier alpha value is -4.85. The lowest BCUT2D eigenvalue weighted by Gasteiger charge is -2.28. The maximum absolute atomic E-state index is 14.7. The first-order valence-corrected chi connectivity index (χ1v) is 10.9. The number of ether oxygens (including phenoxy) is 1. The topological polar surface area (TPSA) is 93.7 Å². The van der Waals surface area contributed by atoms with Gasteiger partial charge in [-0.1, -0.05) is 60.7 Å². The molecule has 0 saturated carbocycles. The monoisotopic (exact) mass is 468 g/mol. The molecule has 3 N–H and O–H groups in total. The van der Waals surface area contributed by atoms with Gasteiger partial charge in [-0.2, -0.15) is 0 Å². The zero-order chi connectivity index (χ0) is 24.4. The van der Waals surface area contributed by atoms with Gasteiger partial charge in [0.2, 0.25) is 0 Å². The van der Waals surface area contributed by atoms with Crippen LogP contribution in [0.25, 0.3) is 12.2 Å². The Labute approximate surface area is 201 Å². The van der Waals surface area contributed by atoms with Crippen molar-refractivity contribution in [1.29, 1.82) is 0 Å². The highest BCUT2D eigenvalue weighted by molar-refractivity contribution is 5.70. The molecular formula is C27H21FN4O3. The average Bonchev–Trinajstić information content (AvgIpc) is 3.17. The fourth-order valence-electron chi connectivity index (χ4n) is 4.02. The molecule has 0 bridgehead atoms. The number of nitro groups is 1. The van der Waals surface area contributed by atoms with Crippen LogP contribution >= 0.6 is 0 Å². The lowest BCUT2D eigenvalue weighted by molar-refractivity contribution is -0.385. The Kier molecular flexibility index (Phi) is 5.76. The Morgan fingerprint density at radius 2 is 1.66 bits per heavy atom. The largest absolute Gasteiger partial charge is 0.456 e. The van der Waals surface area contributed by atoms with Gasteiger partial charge in [0, 0.05) is 23.9 Å². The molecule has 2 aliphatic rings. The summed E-state index contributed by atoms with van der Waals surface area (Å²) in [6, 6.07) is 22.5. The highest BCUT2D eigenvalue weighted by Gasteiger charge is 2.38. The average molecular weight is 468 g/mol. The molecule has 0 radical (unpaired) electrons. The van der Waals surface area contributed by atoms with Crippen molar-refractivity contribution in [2.75, 3.05) is 0 Å². The molecule has 3 aromatic carbocycles. The number of non-ortho nitro benzene ring substituents is 1. The van der Waals surface area contributed by atoms with Gasteiger partial charge in [0.15, 0.2) is 11.6 Å². The van der Waals surface area contributed by atoms with E-state index < -0.39 is 16.8 Å². The zero-order valence-electron chi connectivity index (χ0n) is 18.5. The third-order valence-corrected chi connectivity index (χ3v) is 5.59. The van der Waals surface area contributed by atoms with Crippen LogP contribution in [0, 0.1) is 15.9 Å². The van der Waals surface area contributed by atoms with Crippen molar-refractivity contribution >= 4 is 17.8 Å². The molecule has 174 valence electrons. The van der Waals surface area contributed by atoms with Crippen molar-refractivity contribution < 1.29 is 14.1 Å². The maximum atomic E-state index is 14.7. The van der Waals surface area contributed by atoms with Crippen molar-refractivity contribution in [2.24, 2.45) is 5.73 Å². The molecule has 0 amide bonds. The number of fused-ring (bicyclic) bond motifs is 1. The first-order valence-electron chi connectivity index (χ1n) is 10.9. The van der Waals surface area contributed by atoms with Crippen molar-refractivity contribution in [3.63, 3.8) is 0 Å². The summed E-state index contributed by atoms with van der Waals surface area (Å²) in [5, 5.41) is 12.8.